The lowest BCUT2D eigenvalue weighted by atomic mass is 10.1. The van der Waals surface area contributed by atoms with Gasteiger partial charge in [-0.2, -0.15) is 4.31 Å². The van der Waals surface area contributed by atoms with E-state index in [4.69, 9.17) is 5.11 Å². The Labute approximate surface area is 152 Å². The van der Waals surface area contributed by atoms with Gasteiger partial charge in [0.05, 0.1) is 17.3 Å². The first-order valence-corrected chi connectivity index (χ1v) is 9.61. The zero-order chi connectivity index (χ0) is 18.9. The van der Waals surface area contributed by atoms with Crippen molar-refractivity contribution >= 4 is 21.8 Å². The summed E-state index contributed by atoms with van der Waals surface area (Å²) in [6.07, 6.45) is 2.60. The van der Waals surface area contributed by atoms with E-state index in [0.29, 0.717) is 36.9 Å². The first kappa shape index (κ1) is 18.3. The summed E-state index contributed by atoms with van der Waals surface area (Å²) in [5, 5.41) is 8.87. The van der Waals surface area contributed by atoms with Gasteiger partial charge in [-0.25, -0.2) is 23.2 Å². The predicted octanol–water partition coefficient (Wildman–Crippen LogP) is 1.30. The topological polar surface area (TPSA) is 104 Å². The molecule has 0 atom stereocenters. The maximum absolute atomic E-state index is 12.8. The minimum Gasteiger partial charge on any atom is -0.476 e. The second-order valence-corrected chi connectivity index (χ2v) is 8.14. The molecule has 0 aliphatic carbocycles. The van der Waals surface area contributed by atoms with Crippen molar-refractivity contribution in [3.63, 3.8) is 0 Å². The Morgan fingerprint density at radius 3 is 2.27 bits per heavy atom. The molecule has 9 heteroatoms. The van der Waals surface area contributed by atoms with Crippen LogP contribution in [0.5, 0.6) is 0 Å². The molecular weight excluding hydrogens is 356 g/mol. The van der Waals surface area contributed by atoms with E-state index < -0.39 is 16.0 Å². The monoisotopic (exact) mass is 376 g/mol. The summed E-state index contributed by atoms with van der Waals surface area (Å²) in [6.45, 7) is 5.43. The van der Waals surface area contributed by atoms with Gasteiger partial charge in [-0.05, 0) is 37.1 Å². The van der Waals surface area contributed by atoms with E-state index in [0.717, 1.165) is 11.1 Å². The summed E-state index contributed by atoms with van der Waals surface area (Å²) < 4.78 is 27.1. The van der Waals surface area contributed by atoms with Crippen molar-refractivity contribution in [1.82, 2.24) is 14.3 Å². The van der Waals surface area contributed by atoms with E-state index in [1.54, 1.807) is 12.1 Å². The Balaban J connectivity index is 1.71. The third-order valence-electron chi connectivity index (χ3n) is 4.54. The number of sulfonamides is 1. The van der Waals surface area contributed by atoms with Crippen LogP contribution in [-0.4, -0.2) is 59.9 Å². The standard InChI is InChI=1S/C17H20N4O4S/c1-12-3-4-14(9-13(12)2)26(24,25)21-7-5-20(6-8-21)16-11-18-15(10-19-16)17(22)23/h3-4,9-11H,5-8H2,1-2H3,(H,22,23). The highest BCUT2D eigenvalue weighted by Crippen LogP contribution is 2.21. The van der Waals surface area contributed by atoms with Crippen LogP contribution in [0, 0.1) is 13.8 Å². The fourth-order valence-corrected chi connectivity index (χ4v) is 4.28. The number of aromatic nitrogens is 2. The van der Waals surface area contributed by atoms with Gasteiger partial charge < -0.3 is 10.0 Å². The fourth-order valence-electron chi connectivity index (χ4n) is 2.78. The highest BCUT2D eigenvalue weighted by molar-refractivity contribution is 7.89. The number of hydrogen-bond donors (Lipinski definition) is 1. The largest absolute Gasteiger partial charge is 0.476 e. The number of anilines is 1. The van der Waals surface area contributed by atoms with Gasteiger partial charge >= 0.3 is 5.97 Å². The Bertz CT molecular complexity index is 920. The third kappa shape index (κ3) is 3.54. The predicted molar refractivity (Wildman–Crippen MR) is 95.9 cm³/mol. The molecule has 1 aliphatic rings. The van der Waals surface area contributed by atoms with Crippen molar-refractivity contribution in [2.75, 3.05) is 31.1 Å². The Morgan fingerprint density at radius 2 is 1.73 bits per heavy atom. The van der Waals surface area contributed by atoms with Crippen molar-refractivity contribution in [2.45, 2.75) is 18.7 Å². The molecule has 1 saturated heterocycles. The molecule has 1 aliphatic heterocycles. The van der Waals surface area contributed by atoms with Gasteiger partial charge in [0.15, 0.2) is 5.69 Å². The zero-order valence-corrected chi connectivity index (χ0v) is 15.4. The van der Waals surface area contributed by atoms with Crippen LogP contribution in [0.25, 0.3) is 0 Å². The second-order valence-electron chi connectivity index (χ2n) is 6.20. The Kier molecular flexibility index (Phi) is 4.92. The van der Waals surface area contributed by atoms with Gasteiger partial charge in [-0.3, -0.25) is 0 Å². The molecule has 26 heavy (non-hydrogen) atoms. The molecule has 2 heterocycles. The smallest absolute Gasteiger partial charge is 0.356 e. The van der Waals surface area contributed by atoms with Crippen molar-refractivity contribution in [3.8, 4) is 0 Å². The number of aromatic carboxylic acids is 1. The molecule has 1 N–H and O–H groups in total. The minimum absolute atomic E-state index is 0.121. The number of rotatable bonds is 4. The second kappa shape index (κ2) is 7.00. The summed E-state index contributed by atoms with van der Waals surface area (Å²) in [6, 6.07) is 5.16. The molecule has 1 aromatic carbocycles. The highest BCUT2D eigenvalue weighted by atomic mass is 32.2. The molecule has 0 spiro atoms. The van der Waals surface area contributed by atoms with Crippen molar-refractivity contribution in [3.05, 3.63) is 47.4 Å². The van der Waals surface area contributed by atoms with E-state index >= 15 is 0 Å². The quantitative estimate of drug-likeness (QED) is 0.858. The number of benzene rings is 1. The molecule has 1 aromatic heterocycles. The van der Waals surface area contributed by atoms with Gasteiger partial charge in [0.1, 0.15) is 5.82 Å². The van der Waals surface area contributed by atoms with Gasteiger partial charge in [-0.1, -0.05) is 6.07 Å². The van der Waals surface area contributed by atoms with Crippen LogP contribution in [0.3, 0.4) is 0 Å². The van der Waals surface area contributed by atoms with Gasteiger partial charge in [0, 0.05) is 26.2 Å². The molecule has 2 aromatic rings. The zero-order valence-electron chi connectivity index (χ0n) is 14.6. The van der Waals surface area contributed by atoms with Crippen LogP contribution < -0.4 is 4.90 Å². The molecule has 0 bridgehead atoms. The molecule has 0 unspecified atom stereocenters. The van der Waals surface area contributed by atoms with E-state index in [2.05, 4.69) is 9.97 Å². The number of carboxylic acid groups (broad SMARTS) is 1. The number of aryl methyl sites for hydroxylation is 2. The Morgan fingerprint density at radius 1 is 1.04 bits per heavy atom. The van der Waals surface area contributed by atoms with Crippen molar-refractivity contribution < 1.29 is 18.3 Å². The fraction of sp³-hybridized carbons (Fsp3) is 0.353. The van der Waals surface area contributed by atoms with Crippen LogP contribution in [0.1, 0.15) is 21.6 Å². The number of carbonyl (C=O) groups is 1. The molecule has 0 radical (unpaired) electrons. The van der Waals surface area contributed by atoms with E-state index in [1.165, 1.54) is 16.7 Å². The average Bonchev–Trinajstić information content (AvgIpc) is 2.64. The van der Waals surface area contributed by atoms with Gasteiger partial charge in [0.25, 0.3) is 0 Å². The van der Waals surface area contributed by atoms with Crippen molar-refractivity contribution in [2.24, 2.45) is 0 Å². The maximum Gasteiger partial charge on any atom is 0.356 e. The summed E-state index contributed by atoms with van der Waals surface area (Å²) >= 11 is 0. The Hall–Kier alpha value is -2.52. The van der Waals surface area contributed by atoms with Crippen LogP contribution >= 0.6 is 0 Å². The van der Waals surface area contributed by atoms with Crippen LogP contribution in [-0.2, 0) is 10.0 Å². The van der Waals surface area contributed by atoms with Crippen molar-refractivity contribution in [1.29, 1.82) is 0 Å². The normalized spacial score (nSPS) is 15.8. The van der Waals surface area contributed by atoms with Crippen LogP contribution in [0.4, 0.5) is 5.82 Å². The lowest BCUT2D eigenvalue weighted by Gasteiger charge is -2.34. The highest BCUT2D eigenvalue weighted by Gasteiger charge is 2.29. The minimum atomic E-state index is -3.53. The molecule has 1 fully saturated rings. The summed E-state index contributed by atoms with van der Waals surface area (Å²) in [5.74, 6) is -0.591. The first-order chi connectivity index (χ1) is 12.3. The molecular formula is C17H20N4O4S. The molecule has 3 rings (SSSR count). The van der Waals surface area contributed by atoms with Crippen LogP contribution in [0.2, 0.25) is 0 Å². The maximum atomic E-state index is 12.8. The van der Waals surface area contributed by atoms with Gasteiger partial charge in [-0.15, -0.1) is 0 Å². The van der Waals surface area contributed by atoms with E-state index in [9.17, 15) is 13.2 Å². The average molecular weight is 376 g/mol. The summed E-state index contributed by atoms with van der Waals surface area (Å²) in [4.78, 5) is 21.0. The van der Waals surface area contributed by atoms with E-state index in [1.807, 2.05) is 24.8 Å². The lowest BCUT2D eigenvalue weighted by Crippen LogP contribution is -2.49. The van der Waals surface area contributed by atoms with Crippen LogP contribution in [0.15, 0.2) is 35.5 Å². The molecule has 0 saturated carbocycles. The number of piperazine rings is 1. The van der Waals surface area contributed by atoms with Gasteiger partial charge in [0.2, 0.25) is 10.0 Å². The number of hydrogen-bond acceptors (Lipinski definition) is 6. The molecule has 138 valence electrons. The van der Waals surface area contributed by atoms with E-state index in [-0.39, 0.29) is 5.69 Å². The lowest BCUT2D eigenvalue weighted by molar-refractivity contribution is 0.0690. The SMILES string of the molecule is Cc1ccc(S(=O)(=O)N2CCN(c3cnc(C(=O)O)cn3)CC2)cc1C. The number of carboxylic acids is 1. The number of nitrogens with zero attached hydrogens (tertiary/aromatic N) is 4. The summed E-state index contributed by atoms with van der Waals surface area (Å²) in [7, 11) is -3.53. The molecule has 0 amide bonds. The molecule has 8 nitrogen and oxygen atoms in total. The third-order valence-corrected chi connectivity index (χ3v) is 6.43. The summed E-state index contributed by atoms with van der Waals surface area (Å²) in [5.41, 5.74) is 1.88. The first-order valence-electron chi connectivity index (χ1n) is 8.17.